The number of carbonyl (C=O) groups excluding carboxylic acids is 2. The van der Waals surface area contributed by atoms with Crippen LogP contribution in [0.4, 0.5) is 28.4 Å². The van der Waals surface area contributed by atoms with E-state index in [2.05, 4.69) is 0 Å². The van der Waals surface area contributed by atoms with Crippen LogP contribution in [0.5, 0.6) is 0 Å². The lowest BCUT2D eigenvalue weighted by atomic mass is 10.1. The van der Waals surface area contributed by atoms with Crippen molar-refractivity contribution in [2.24, 2.45) is 0 Å². The monoisotopic (exact) mass is 380 g/mol. The van der Waals surface area contributed by atoms with Gasteiger partial charge in [-0.2, -0.15) is 18.4 Å². The molecule has 0 aliphatic carbocycles. The van der Waals surface area contributed by atoms with Crippen LogP contribution in [0.2, 0.25) is 0 Å². The first-order chi connectivity index (χ1) is 12.6. The van der Waals surface area contributed by atoms with Crippen LogP contribution in [-0.4, -0.2) is 57.6 Å². The number of imide groups is 1. The Bertz CT molecular complexity index is 925. The lowest BCUT2D eigenvalue weighted by Crippen LogP contribution is -2.54. The number of alkyl halides is 3. The Balaban J connectivity index is 1.73. The second-order valence-corrected chi connectivity index (χ2v) is 6.54. The molecule has 3 heterocycles. The molecule has 3 saturated heterocycles. The van der Waals surface area contributed by atoms with Crippen molar-refractivity contribution in [1.29, 1.82) is 5.26 Å². The second kappa shape index (κ2) is 5.35. The third-order valence-electron chi connectivity index (χ3n) is 5.20. The van der Waals surface area contributed by atoms with Gasteiger partial charge in [0.2, 0.25) is 0 Å². The van der Waals surface area contributed by atoms with E-state index in [4.69, 9.17) is 5.26 Å². The van der Waals surface area contributed by atoms with Crippen molar-refractivity contribution in [1.82, 2.24) is 9.80 Å². The third kappa shape index (κ3) is 2.26. The predicted octanol–water partition coefficient (Wildman–Crippen LogP) is 1.85. The van der Waals surface area contributed by atoms with Crippen LogP contribution in [0, 0.1) is 11.3 Å². The first-order valence-corrected chi connectivity index (χ1v) is 7.92. The van der Waals surface area contributed by atoms with E-state index >= 15 is 0 Å². The van der Waals surface area contributed by atoms with E-state index < -0.39 is 53.5 Å². The molecule has 3 atom stereocenters. The maximum Gasteiger partial charge on any atom is 0.417 e. The number of piperazine rings is 1. The molecule has 0 aromatic heterocycles. The van der Waals surface area contributed by atoms with Gasteiger partial charge in [0.05, 0.1) is 35.0 Å². The van der Waals surface area contributed by atoms with Gasteiger partial charge in [0.1, 0.15) is 6.04 Å². The highest BCUT2D eigenvalue weighted by Crippen LogP contribution is 2.43. The van der Waals surface area contributed by atoms with E-state index in [-0.39, 0.29) is 12.2 Å². The Hall–Kier alpha value is -3.29. The maximum atomic E-state index is 13.2. The van der Waals surface area contributed by atoms with E-state index in [9.17, 15) is 32.7 Å². The number of amides is 4. The molecule has 11 heteroatoms. The van der Waals surface area contributed by atoms with Gasteiger partial charge in [0, 0.05) is 6.54 Å². The number of carboxylic acid groups (broad SMARTS) is 1. The molecule has 3 aliphatic heterocycles. The summed E-state index contributed by atoms with van der Waals surface area (Å²) in [5.74, 6) is -0.767. The molecule has 4 amide bonds. The summed E-state index contributed by atoms with van der Waals surface area (Å²) in [7, 11) is 0. The SMILES string of the molecule is N#Cc1ccc(N2C(=O)C3[C@@H]4C[C@@H](CN4C(=O)O)N3C2=O)cc1C(F)(F)F. The van der Waals surface area contributed by atoms with Crippen LogP contribution in [0.15, 0.2) is 18.2 Å². The van der Waals surface area contributed by atoms with Crippen LogP contribution in [-0.2, 0) is 11.0 Å². The topological polar surface area (TPSA) is 105 Å². The van der Waals surface area contributed by atoms with E-state index in [0.717, 1.165) is 17.0 Å². The molecule has 0 saturated carbocycles. The molecule has 4 rings (SSSR count). The highest BCUT2D eigenvalue weighted by atomic mass is 19.4. The Kier molecular flexibility index (Phi) is 3.40. The standard InChI is InChI=1S/C16H11F3N4O4/c17-16(18,19)10-3-8(2-1-7(10)5-20)23-13(24)12-11-4-9(22(12)14(23)25)6-21(11)15(26)27/h1-3,9,11-12H,4,6H2,(H,26,27)/t9-,11-,12?/m0/s1. The van der Waals surface area contributed by atoms with Gasteiger partial charge < -0.3 is 14.9 Å². The fourth-order valence-electron chi connectivity index (χ4n) is 4.12. The van der Waals surface area contributed by atoms with Crippen LogP contribution in [0.3, 0.4) is 0 Å². The van der Waals surface area contributed by atoms with Crippen molar-refractivity contribution in [2.45, 2.75) is 30.7 Å². The minimum atomic E-state index is -4.83. The van der Waals surface area contributed by atoms with Gasteiger partial charge in [-0.05, 0) is 24.6 Å². The summed E-state index contributed by atoms with van der Waals surface area (Å²) in [4.78, 5) is 39.7. The van der Waals surface area contributed by atoms with Crippen LogP contribution < -0.4 is 4.90 Å². The average Bonchev–Trinajstić information content (AvgIpc) is 3.25. The number of hydrogen-bond acceptors (Lipinski definition) is 4. The number of likely N-dealkylation sites (tertiary alicyclic amines) is 1. The molecule has 1 aromatic carbocycles. The zero-order valence-corrected chi connectivity index (χ0v) is 13.5. The van der Waals surface area contributed by atoms with E-state index in [1.54, 1.807) is 0 Å². The van der Waals surface area contributed by atoms with Crippen molar-refractivity contribution < 1.29 is 32.7 Å². The molecule has 3 aliphatic rings. The molecular weight excluding hydrogens is 369 g/mol. The molecule has 1 unspecified atom stereocenters. The van der Waals surface area contributed by atoms with Gasteiger partial charge in [-0.15, -0.1) is 0 Å². The summed E-state index contributed by atoms with van der Waals surface area (Å²) >= 11 is 0. The Labute approximate surface area is 150 Å². The average molecular weight is 380 g/mol. The minimum absolute atomic E-state index is 0.0601. The fraction of sp³-hybridized carbons (Fsp3) is 0.375. The summed E-state index contributed by atoms with van der Waals surface area (Å²) in [6.45, 7) is 0.0601. The largest absolute Gasteiger partial charge is 0.465 e. The highest BCUT2D eigenvalue weighted by molar-refractivity contribution is 6.22. The number of benzene rings is 1. The number of rotatable bonds is 1. The molecule has 0 spiro atoms. The number of urea groups is 1. The summed E-state index contributed by atoms with van der Waals surface area (Å²) in [6, 6.07) is 1.00. The minimum Gasteiger partial charge on any atom is -0.465 e. The molecule has 2 bridgehead atoms. The van der Waals surface area contributed by atoms with Crippen LogP contribution >= 0.6 is 0 Å². The number of hydrogen-bond donors (Lipinski definition) is 1. The van der Waals surface area contributed by atoms with E-state index in [1.165, 1.54) is 11.0 Å². The summed E-state index contributed by atoms with van der Waals surface area (Å²) in [5, 5.41) is 18.1. The summed E-state index contributed by atoms with van der Waals surface area (Å²) < 4.78 is 39.5. The van der Waals surface area contributed by atoms with Crippen molar-refractivity contribution in [3.8, 4) is 6.07 Å². The highest BCUT2D eigenvalue weighted by Gasteiger charge is 2.63. The number of nitriles is 1. The summed E-state index contributed by atoms with van der Waals surface area (Å²) in [5.41, 5.74) is -2.17. The van der Waals surface area contributed by atoms with Crippen molar-refractivity contribution in [3.63, 3.8) is 0 Å². The molecular formula is C16H11F3N4O4. The Morgan fingerprint density at radius 2 is 2.00 bits per heavy atom. The van der Waals surface area contributed by atoms with Gasteiger partial charge in [-0.1, -0.05) is 0 Å². The number of nitrogens with zero attached hydrogens (tertiary/aromatic N) is 4. The lowest BCUT2D eigenvalue weighted by molar-refractivity contribution is -0.137. The molecule has 3 fully saturated rings. The Morgan fingerprint density at radius 1 is 1.30 bits per heavy atom. The van der Waals surface area contributed by atoms with E-state index in [0.29, 0.717) is 17.4 Å². The number of fused-ring (bicyclic) bond motifs is 5. The second-order valence-electron chi connectivity index (χ2n) is 6.54. The van der Waals surface area contributed by atoms with Crippen LogP contribution in [0.25, 0.3) is 0 Å². The smallest absolute Gasteiger partial charge is 0.417 e. The van der Waals surface area contributed by atoms with Crippen molar-refractivity contribution in [3.05, 3.63) is 29.3 Å². The van der Waals surface area contributed by atoms with Crippen molar-refractivity contribution in [2.75, 3.05) is 11.4 Å². The molecule has 8 nitrogen and oxygen atoms in total. The number of anilines is 1. The van der Waals surface area contributed by atoms with Crippen LogP contribution in [0.1, 0.15) is 17.5 Å². The fourth-order valence-corrected chi connectivity index (χ4v) is 4.12. The van der Waals surface area contributed by atoms with Crippen molar-refractivity contribution >= 4 is 23.7 Å². The number of halogens is 3. The van der Waals surface area contributed by atoms with Gasteiger partial charge in [-0.3, -0.25) is 4.79 Å². The molecule has 0 radical (unpaired) electrons. The van der Waals surface area contributed by atoms with Gasteiger partial charge in [0.25, 0.3) is 5.91 Å². The molecule has 1 N–H and O–H groups in total. The summed E-state index contributed by atoms with van der Waals surface area (Å²) in [6.07, 6.45) is -5.72. The van der Waals surface area contributed by atoms with Gasteiger partial charge in [-0.25, -0.2) is 14.5 Å². The molecule has 140 valence electrons. The first kappa shape index (κ1) is 17.1. The Morgan fingerprint density at radius 3 is 2.59 bits per heavy atom. The normalized spacial score (nSPS) is 26.6. The zero-order chi connectivity index (χ0) is 19.7. The van der Waals surface area contributed by atoms with Gasteiger partial charge >= 0.3 is 18.3 Å². The zero-order valence-electron chi connectivity index (χ0n) is 13.5. The third-order valence-corrected chi connectivity index (χ3v) is 5.20. The lowest BCUT2D eigenvalue weighted by Gasteiger charge is -2.32. The van der Waals surface area contributed by atoms with Gasteiger partial charge in [0.15, 0.2) is 0 Å². The predicted molar refractivity (Wildman–Crippen MR) is 81.6 cm³/mol. The molecule has 27 heavy (non-hydrogen) atoms. The quantitative estimate of drug-likeness (QED) is 0.749. The first-order valence-electron chi connectivity index (χ1n) is 7.92. The molecule has 1 aromatic rings. The number of carbonyl (C=O) groups is 3. The van der Waals surface area contributed by atoms with E-state index in [1.807, 2.05) is 0 Å². The maximum absolute atomic E-state index is 13.2.